The van der Waals surface area contributed by atoms with E-state index >= 15 is 0 Å². The molecular weight excluding hydrogens is 226 g/mol. The van der Waals surface area contributed by atoms with Crippen LogP contribution in [0.4, 0.5) is 0 Å². The second-order valence-corrected chi connectivity index (χ2v) is 4.74. The Balaban J connectivity index is 2.19. The third-order valence-electron chi connectivity index (χ3n) is 2.76. The fraction of sp³-hybridized carbons (Fsp3) is 0.385. The van der Waals surface area contributed by atoms with Crippen molar-refractivity contribution in [1.29, 1.82) is 0 Å². The molecule has 96 valence electrons. The van der Waals surface area contributed by atoms with Crippen LogP contribution in [0.25, 0.3) is 5.69 Å². The lowest BCUT2D eigenvalue weighted by atomic mass is 10.0. The van der Waals surface area contributed by atoms with E-state index in [-0.39, 0.29) is 6.04 Å². The molecule has 1 aromatic heterocycles. The average molecular weight is 245 g/mol. The summed E-state index contributed by atoms with van der Waals surface area (Å²) in [7, 11) is 0. The molecule has 1 unspecified atom stereocenters. The Hall–Kier alpha value is -1.72. The van der Waals surface area contributed by atoms with Gasteiger partial charge in [-0.25, -0.2) is 0 Å². The van der Waals surface area contributed by atoms with Gasteiger partial charge in [0.05, 0.1) is 17.9 Å². The van der Waals surface area contributed by atoms with E-state index in [2.05, 4.69) is 29.5 Å². The highest BCUT2D eigenvalue weighted by Gasteiger charge is 2.15. The average Bonchev–Trinajstić information content (AvgIpc) is 2.86. The van der Waals surface area contributed by atoms with Crippen molar-refractivity contribution in [2.75, 3.05) is 0 Å². The quantitative estimate of drug-likeness (QED) is 0.622. The molecule has 0 bridgehead atoms. The Morgan fingerprint density at radius 3 is 2.61 bits per heavy atom. The van der Waals surface area contributed by atoms with Crippen molar-refractivity contribution in [3.63, 3.8) is 0 Å². The molecule has 1 aromatic carbocycles. The molecule has 0 saturated heterocycles. The summed E-state index contributed by atoms with van der Waals surface area (Å²) in [4.78, 5) is 1.62. The summed E-state index contributed by atoms with van der Waals surface area (Å²) >= 11 is 0. The molecule has 2 aromatic rings. The predicted octanol–water partition coefficient (Wildman–Crippen LogP) is 1.82. The molecule has 1 heterocycles. The number of nitrogens with zero attached hydrogens (tertiary/aromatic N) is 3. The maximum absolute atomic E-state index is 5.57. The molecule has 5 heteroatoms. The van der Waals surface area contributed by atoms with Crippen molar-refractivity contribution in [2.45, 2.75) is 26.3 Å². The molecule has 0 radical (unpaired) electrons. The summed E-state index contributed by atoms with van der Waals surface area (Å²) in [5.41, 5.74) is 4.62. The standard InChI is InChI=1S/C13H19N5/c1-10(2)8-12(16-14)13-9-15-18(17-13)11-6-4-3-5-7-11/h3-7,9-10,12,16H,8,14H2,1-2H3. The lowest BCUT2D eigenvalue weighted by molar-refractivity contribution is 0.428. The number of hydrogen-bond acceptors (Lipinski definition) is 4. The summed E-state index contributed by atoms with van der Waals surface area (Å²) in [6, 6.07) is 9.88. The van der Waals surface area contributed by atoms with Crippen molar-refractivity contribution in [3.05, 3.63) is 42.2 Å². The number of rotatable bonds is 5. The Morgan fingerprint density at radius 2 is 2.00 bits per heavy atom. The van der Waals surface area contributed by atoms with Gasteiger partial charge in [0, 0.05) is 0 Å². The normalized spacial score (nSPS) is 12.9. The van der Waals surface area contributed by atoms with E-state index < -0.39 is 0 Å². The van der Waals surface area contributed by atoms with Crippen LogP contribution in [0.15, 0.2) is 36.5 Å². The minimum atomic E-state index is 0.0439. The molecule has 5 nitrogen and oxygen atoms in total. The molecule has 1 atom stereocenters. The second kappa shape index (κ2) is 5.75. The van der Waals surface area contributed by atoms with Crippen molar-refractivity contribution in [2.24, 2.45) is 11.8 Å². The number of hydrogen-bond donors (Lipinski definition) is 2. The SMILES string of the molecule is CC(C)CC(NN)c1cnn(-c2ccccc2)n1. The van der Waals surface area contributed by atoms with Gasteiger partial charge in [-0.05, 0) is 24.5 Å². The van der Waals surface area contributed by atoms with Crippen LogP contribution in [0.2, 0.25) is 0 Å². The van der Waals surface area contributed by atoms with E-state index in [0.29, 0.717) is 5.92 Å². The topological polar surface area (TPSA) is 68.8 Å². The second-order valence-electron chi connectivity index (χ2n) is 4.74. The van der Waals surface area contributed by atoms with Crippen molar-refractivity contribution >= 4 is 0 Å². The summed E-state index contributed by atoms with van der Waals surface area (Å²) in [6.07, 6.45) is 2.70. The fourth-order valence-electron chi connectivity index (χ4n) is 1.87. The van der Waals surface area contributed by atoms with Crippen molar-refractivity contribution in [1.82, 2.24) is 20.4 Å². The maximum atomic E-state index is 5.57. The largest absolute Gasteiger partial charge is 0.271 e. The fourth-order valence-corrected chi connectivity index (χ4v) is 1.87. The molecule has 0 saturated carbocycles. The zero-order chi connectivity index (χ0) is 13.0. The zero-order valence-electron chi connectivity index (χ0n) is 10.7. The van der Waals surface area contributed by atoms with E-state index in [9.17, 15) is 0 Å². The van der Waals surface area contributed by atoms with Crippen LogP contribution in [0.3, 0.4) is 0 Å². The van der Waals surface area contributed by atoms with Gasteiger partial charge in [-0.15, -0.1) is 0 Å². The van der Waals surface area contributed by atoms with Gasteiger partial charge in [0.1, 0.15) is 5.69 Å². The van der Waals surface area contributed by atoms with E-state index in [1.165, 1.54) is 0 Å². The first kappa shape index (κ1) is 12.7. The molecule has 0 fully saturated rings. The van der Waals surface area contributed by atoms with Crippen LogP contribution in [0.5, 0.6) is 0 Å². The third kappa shape index (κ3) is 2.94. The lowest BCUT2D eigenvalue weighted by Crippen LogP contribution is -2.29. The van der Waals surface area contributed by atoms with Crippen LogP contribution in [0.1, 0.15) is 32.0 Å². The van der Waals surface area contributed by atoms with Crippen LogP contribution < -0.4 is 11.3 Å². The minimum absolute atomic E-state index is 0.0439. The first-order valence-corrected chi connectivity index (χ1v) is 6.14. The molecule has 2 rings (SSSR count). The van der Waals surface area contributed by atoms with Crippen LogP contribution in [-0.4, -0.2) is 15.0 Å². The number of nitrogens with two attached hydrogens (primary N) is 1. The monoisotopic (exact) mass is 245 g/mol. The third-order valence-corrected chi connectivity index (χ3v) is 2.76. The summed E-state index contributed by atoms with van der Waals surface area (Å²) < 4.78 is 0. The molecule has 0 aliphatic heterocycles. The molecule has 3 N–H and O–H groups in total. The van der Waals surface area contributed by atoms with Gasteiger partial charge in [-0.1, -0.05) is 32.0 Å². The molecule has 0 amide bonds. The van der Waals surface area contributed by atoms with E-state index in [0.717, 1.165) is 17.8 Å². The van der Waals surface area contributed by atoms with Crippen LogP contribution in [-0.2, 0) is 0 Å². The molecule has 0 aliphatic carbocycles. The smallest absolute Gasteiger partial charge is 0.101 e. The van der Waals surface area contributed by atoms with Crippen LogP contribution >= 0.6 is 0 Å². The predicted molar refractivity (Wildman–Crippen MR) is 70.9 cm³/mol. The van der Waals surface area contributed by atoms with Crippen molar-refractivity contribution in [3.8, 4) is 5.69 Å². The highest BCUT2D eigenvalue weighted by atomic mass is 15.5. The Bertz CT molecular complexity index is 477. The highest BCUT2D eigenvalue weighted by Crippen LogP contribution is 2.18. The summed E-state index contributed by atoms with van der Waals surface area (Å²) in [6.45, 7) is 4.32. The number of nitrogens with one attached hydrogen (secondary N) is 1. The van der Waals surface area contributed by atoms with Crippen LogP contribution in [0, 0.1) is 5.92 Å². The lowest BCUT2D eigenvalue weighted by Gasteiger charge is -2.14. The van der Waals surface area contributed by atoms with Gasteiger partial charge in [-0.2, -0.15) is 15.0 Å². The Morgan fingerprint density at radius 1 is 1.28 bits per heavy atom. The van der Waals surface area contributed by atoms with E-state index in [1.54, 1.807) is 11.0 Å². The number of benzene rings is 1. The van der Waals surface area contributed by atoms with Gasteiger partial charge in [-0.3, -0.25) is 11.3 Å². The number of hydrazine groups is 1. The Labute approximate surface area is 107 Å². The molecular formula is C13H19N5. The van der Waals surface area contributed by atoms with Gasteiger partial charge >= 0.3 is 0 Å². The zero-order valence-corrected chi connectivity index (χ0v) is 10.7. The summed E-state index contributed by atoms with van der Waals surface area (Å²) in [5, 5.41) is 8.74. The Kier molecular flexibility index (Phi) is 4.07. The number of aromatic nitrogens is 3. The van der Waals surface area contributed by atoms with Gasteiger partial charge in [0.25, 0.3) is 0 Å². The van der Waals surface area contributed by atoms with Gasteiger partial charge < -0.3 is 0 Å². The molecule has 0 aliphatic rings. The first-order chi connectivity index (χ1) is 8.70. The molecule has 0 spiro atoms. The highest BCUT2D eigenvalue weighted by molar-refractivity contribution is 5.28. The minimum Gasteiger partial charge on any atom is -0.271 e. The first-order valence-electron chi connectivity index (χ1n) is 6.14. The van der Waals surface area contributed by atoms with Crippen molar-refractivity contribution < 1.29 is 0 Å². The van der Waals surface area contributed by atoms with Gasteiger partial charge in [0.2, 0.25) is 0 Å². The van der Waals surface area contributed by atoms with Gasteiger partial charge in [0.15, 0.2) is 0 Å². The van der Waals surface area contributed by atoms with E-state index in [1.807, 2.05) is 30.3 Å². The summed E-state index contributed by atoms with van der Waals surface area (Å²) in [5.74, 6) is 6.12. The number of para-hydroxylation sites is 1. The maximum Gasteiger partial charge on any atom is 0.101 e. The van der Waals surface area contributed by atoms with E-state index in [4.69, 9.17) is 5.84 Å². The molecule has 18 heavy (non-hydrogen) atoms.